The van der Waals surface area contributed by atoms with E-state index >= 15 is 0 Å². The Kier molecular flexibility index (Phi) is 44.9. The quantitative estimate of drug-likeness (QED) is 0.0214. The van der Waals surface area contributed by atoms with Gasteiger partial charge in [-0.2, -0.15) is 0 Å². The summed E-state index contributed by atoms with van der Waals surface area (Å²) >= 11 is 0. The van der Waals surface area contributed by atoms with E-state index in [1.807, 2.05) is 21.1 Å². The lowest BCUT2D eigenvalue weighted by molar-refractivity contribution is -0.870. The van der Waals surface area contributed by atoms with Gasteiger partial charge in [0, 0.05) is 13.0 Å². The highest BCUT2D eigenvalue weighted by Gasteiger charge is 2.26. The molecule has 0 aliphatic rings. The third-order valence-electron chi connectivity index (χ3n) is 11.2. The lowest BCUT2D eigenvalue weighted by Crippen LogP contribution is -2.37. The maximum absolute atomic E-state index is 12.8. The van der Waals surface area contributed by atoms with E-state index in [0.717, 1.165) is 57.8 Å². The van der Waals surface area contributed by atoms with Crippen LogP contribution < -0.4 is 0 Å². The van der Waals surface area contributed by atoms with Crippen LogP contribution >= 0.6 is 7.82 Å². The second kappa shape index (κ2) is 46.0. The molecular weight excluding hydrogens is 794 g/mol. The first-order chi connectivity index (χ1) is 30.1. The summed E-state index contributed by atoms with van der Waals surface area (Å²) in [6.07, 6.45) is 57.3. The summed E-state index contributed by atoms with van der Waals surface area (Å²) in [6, 6.07) is 0. The smallest absolute Gasteiger partial charge is 0.457 e. The summed E-state index contributed by atoms with van der Waals surface area (Å²) < 4.78 is 35.2. The molecule has 0 heterocycles. The number of carbonyl (C=O) groups excluding carboxylic acids is 1. The number of ether oxygens (including phenoxy) is 2. The molecule has 0 radical (unpaired) electrons. The van der Waals surface area contributed by atoms with Gasteiger partial charge in [-0.3, -0.25) is 13.8 Å². The molecule has 0 aromatic heterocycles. The maximum atomic E-state index is 12.8. The molecule has 0 bridgehead atoms. The first-order valence-electron chi connectivity index (χ1n) is 25.9. The second-order valence-corrected chi connectivity index (χ2v) is 20.0. The van der Waals surface area contributed by atoms with Crippen LogP contribution in [0.2, 0.25) is 0 Å². The first kappa shape index (κ1) is 60.5. The SMILES string of the molecule is CC/C=C\C/C=C\C/C=C\C/C=C\CCCCCCCCCCCCCOCC(COP(=O)(O)OCC[N+](C)(C)C)OC(=O)CCCCCCCCCCCCCCCCCC. The predicted octanol–water partition coefficient (Wildman–Crippen LogP) is 15.9. The number of unbranched alkanes of at least 4 members (excludes halogenated alkanes) is 26. The Morgan fingerprint density at radius 1 is 0.516 bits per heavy atom. The van der Waals surface area contributed by atoms with Crippen molar-refractivity contribution in [2.24, 2.45) is 0 Å². The number of allylic oxidation sites excluding steroid dienone is 8. The summed E-state index contributed by atoms with van der Waals surface area (Å²) in [6.45, 7) is 5.54. The van der Waals surface area contributed by atoms with E-state index in [9.17, 15) is 14.3 Å². The monoisotopic (exact) mass is 895 g/mol. The second-order valence-electron chi connectivity index (χ2n) is 18.5. The van der Waals surface area contributed by atoms with E-state index in [-0.39, 0.29) is 25.8 Å². The molecule has 0 rings (SSSR count). The summed E-state index contributed by atoms with van der Waals surface area (Å²) in [4.78, 5) is 23.0. The van der Waals surface area contributed by atoms with Crippen molar-refractivity contribution in [3.63, 3.8) is 0 Å². The number of likely N-dealkylation sites (N-methyl/N-ethyl adjacent to an activating group) is 1. The predicted molar refractivity (Wildman–Crippen MR) is 266 cm³/mol. The molecule has 0 spiro atoms. The van der Waals surface area contributed by atoms with Gasteiger partial charge in [0.05, 0.1) is 34.4 Å². The van der Waals surface area contributed by atoms with E-state index in [1.54, 1.807) is 0 Å². The van der Waals surface area contributed by atoms with E-state index in [4.69, 9.17) is 18.5 Å². The third-order valence-corrected chi connectivity index (χ3v) is 12.1. The van der Waals surface area contributed by atoms with E-state index in [1.165, 1.54) is 148 Å². The molecule has 2 atom stereocenters. The fourth-order valence-corrected chi connectivity index (χ4v) is 7.93. The molecule has 0 amide bonds. The Bertz CT molecular complexity index is 1130. The molecule has 9 heteroatoms. The number of carbonyl (C=O) groups is 1. The van der Waals surface area contributed by atoms with Gasteiger partial charge in [0.25, 0.3) is 0 Å². The summed E-state index contributed by atoms with van der Waals surface area (Å²) in [5.74, 6) is -0.312. The van der Waals surface area contributed by atoms with Crippen LogP contribution in [0.15, 0.2) is 48.6 Å². The molecule has 0 aromatic rings. The van der Waals surface area contributed by atoms with Gasteiger partial charge < -0.3 is 18.9 Å². The molecule has 0 aromatic carbocycles. The van der Waals surface area contributed by atoms with Crippen LogP contribution in [0.5, 0.6) is 0 Å². The topological polar surface area (TPSA) is 91.3 Å². The maximum Gasteiger partial charge on any atom is 0.472 e. The van der Waals surface area contributed by atoms with Gasteiger partial charge in [-0.25, -0.2) is 4.57 Å². The summed E-state index contributed by atoms with van der Waals surface area (Å²) in [5.41, 5.74) is 0. The van der Waals surface area contributed by atoms with Crippen LogP contribution in [-0.4, -0.2) is 75.6 Å². The van der Waals surface area contributed by atoms with Crippen LogP contribution in [0.1, 0.15) is 226 Å². The minimum absolute atomic E-state index is 0.0885. The van der Waals surface area contributed by atoms with Gasteiger partial charge in [-0.05, 0) is 51.4 Å². The van der Waals surface area contributed by atoms with Crippen molar-refractivity contribution in [3.8, 4) is 0 Å². The average molecular weight is 895 g/mol. The number of phosphoric acid groups is 1. The van der Waals surface area contributed by atoms with Crippen molar-refractivity contribution in [1.82, 2.24) is 0 Å². The van der Waals surface area contributed by atoms with Crippen molar-refractivity contribution in [2.75, 3.05) is 54.1 Å². The Hall–Kier alpha value is -1.54. The fraction of sp³-hybridized carbons (Fsp3) is 0.830. The molecule has 0 aliphatic carbocycles. The van der Waals surface area contributed by atoms with Gasteiger partial charge in [-0.1, -0.05) is 217 Å². The van der Waals surface area contributed by atoms with Gasteiger partial charge >= 0.3 is 13.8 Å². The van der Waals surface area contributed by atoms with Crippen molar-refractivity contribution in [3.05, 3.63) is 48.6 Å². The van der Waals surface area contributed by atoms with Gasteiger partial charge in [0.2, 0.25) is 0 Å². The van der Waals surface area contributed by atoms with Crippen molar-refractivity contribution < 1.29 is 37.3 Å². The largest absolute Gasteiger partial charge is 0.472 e. The lowest BCUT2D eigenvalue weighted by atomic mass is 10.0. The van der Waals surface area contributed by atoms with Crippen LogP contribution in [0.3, 0.4) is 0 Å². The average Bonchev–Trinajstić information content (AvgIpc) is 3.23. The van der Waals surface area contributed by atoms with Gasteiger partial charge in [0.1, 0.15) is 19.3 Å². The highest BCUT2D eigenvalue weighted by Crippen LogP contribution is 2.43. The zero-order chi connectivity index (χ0) is 45.5. The molecule has 62 heavy (non-hydrogen) atoms. The number of nitrogens with zero attached hydrogens (tertiary/aromatic N) is 1. The highest BCUT2D eigenvalue weighted by atomic mass is 31.2. The van der Waals surface area contributed by atoms with Crippen molar-refractivity contribution in [2.45, 2.75) is 232 Å². The molecule has 364 valence electrons. The normalized spacial score (nSPS) is 14.0. The summed E-state index contributed by atoms with van der Waals surface area (Å²) in [5, 5.41) is 0. The van der Waals surface area contributed by atoms with Gasteiger partial charge in [0.15, 0.2) is 0 Å². The molecule has 2 unspecified atom stereocenters. The highest BCUT2D eigenvalue weighted by molar-refractivity contribution is 7.47. The molecule has 0 saturated heterocycles. The van der Waals surface area contributed by atoms with E-state index in [0.29, 0.717) is 24.1 Å². The minimum atomic E-state index is -4.28. The minimum Gasteiger partial charge on any atom is -0.457 e. The number of esters is 1. The Labute approximate surface area is 384 Å². The zero-order valence-electron chi connectivity index (χ0n) is 41.4. The Balaban J connectivity index is 4.10. The first-order valence-corrected chi connectivity index (χ1v) is 27.4. The van der Waals surface area contributed by atoms with Gasteiger partial charge in [-0.15, -0.1) is 0 Å². The molecule has 0 fully saturated rings. The number of quaternary nitrogens is 1. The fourth-order valence-electron chi connectivity index (χ4n) is 7.19. The van der Waals surface area contributed by atoms with Crippen molar-refractivity contribution >= 4 is 13.8 Å². The van der Waals surface area contributed by atoms with E-state index in [2.05, 4.69) is 62.5 Å². The lowest BCUT2D eigenvalue weighted by Gasteiger charge is -2.24. The molecule has 8 nitrogen and oxygen atoms in total. The van der Waals surface area contributed by atoms with Crippen LogP contribution in [0.25, 0.3) is 0 Å². The third kappa shape index (κ3) is 49.5. The molecule has 0 aliphatic heterocycles. The van der Waals surface area contributed by atoms with Crippen LogP contribution in [-0.2, 0) is 27.9 Å². The number of hydrogen-bond donors (Lipinski definition) is 1. The molecule has 1 N–H and O–H groups in total. The van der Waals surface area contributed by atoms with Crippen LogP contribution in [0.4, 0.5) is 0 Å². The summed E-state index contributed by atoms with van der Waals surface area (Å²) in [7, 11) is 1.67. The van der Waals surface area contributed by atoms with E-state index < -0.39 is 13.9 Å². The Morgan fingerprint density at radius 3 is 1.40 bits per heavy atom. The Morgan fingerprint density at radius 2 is 0.935 bits per heavy atom. The molecule has 0 saturated carbocycles. The standard InChI is InChI=1S/C53H100NO7P/c1-6-8-10-12-14-16-18-20-22-24-25-26-27-28-29-30-31-33-35-37-39-41-43-45-48-58-50-52(51-60-62(56,57)59-49-47-54(3,4)5)61-53(55)46-44-42-40-38-36-34-32-23-21-19-17-15-13-11-9-7-2/h8,10,14,16,20,22,25-26,52H,6-7,9,11-13,15,17-19,21,23-24,27-51H2,1-5H3/p+1/b10-8-,16-14-,22-20-,26-25-. The van der Waals surface area contributed by atoms with Crippen molar-refractivity contribution in [1.29, 1.82) is 0 Å². The number of hydrogen-bond acceptors (Lipinski definition) is 6. The zero-order valence-corrected chi connectivity index (χ0v) is 42.3. The van der Waals surface area contributed by atoms with Crippen LogP contribution in [0, 0.1) is 0 Å². The number of phosphoric ester groups is 1. The number of rotatable bonds is 48. The molecular formula is C53H101NO7P+.